The highest BCUT2D eigenvalue weighted by Crippen LogP contribution is 2.22. The number of anilines is 1. The van der Waals surface area contributed by atoms with Crippen LogP contribution in [0, 0.1) is 5.82 Å². The van der Waals surface area contributed by atoms with Crippen molar-refractivity contribution in [3.05, 3.63) is 41.8 Å². The Morgan fingerprint density at radius 3 is 2.65 bits per heavy atom. The van der Waals surface area contributed by atoms with Crippen LogP contribution in [0.4, 0.5) is 10.2 Å². The molecule has 1 aromatic carbocycles. The fourth-order valence-corrected chi connectivity index (χ4v) is 3.11. The molecular formula is C14H16FN3O4S. The Kier molecular flexibility index (Phi) is 4.69. The Hall–Kier alpha value is -2.42. The van der Waals surface area contributed by atoms with Gasteiger partial charge in [-0.05, 0) is 32.0 Å². The molecule has 0 fully saturated rings. The molecule has 2 aromatic rings. The molecule has 0 amide bonds. The number of carbonyl (C=O) groups is 1. The number of hydrogen-bond donors (Lipinski definition) is 1. The van der Waals surface area contributed by atoms with Gasteiger partial charge in [0.2, 0.25) is 0 Å². The summed E-state index contributed by atoms with van der Waals surface area (Å²) >= 11 is 0. The van der Waals surface area contributed by atoms with Gasteiger partial charge in [-0.1, -0.05) is 0 Å². The van der Waals surface area contributed by atoms with E-state index in [0.717, 1.165) is 25.3 Å². The summed E-state index contributed by atoms with van der Waals surface area (Å²) in [6.07, 6.45) is 1.43. The first-order valence-corrected chi connectivity index (χ1v) is 8.18. The predicted molar refractivity (Wildman–Crippen MR) is 81.2 cm³/mol. The van der Waals surface area contributed by atoms with Crippen molar-refractivity contribution in [2.24, 2.45) is 0 Å². The predicted octanol–water partition coefficient (Wildman–Crippen LogP) is 2.19. The van der Waals surface area contributed by atoms with E-state index in [-0.39, 0.29) is 17.4 Å². The van der Waals surface area contributed by atoms with Gasteiger partial charge in [0.05, 0.1) is 18.9 Å². The van der Waals surface area contributed by atoms with E-state index in [4.69, 9.17) is 0 Å². The molecule has 7 nitrogen and oxygen atoms in total. The maximum Gasteiger partial charge on any atom is 0.337 e. The topological polar surface area (TPSA) is 90.3 Å². The average Bonchev–Trinajstić information content (AvgIpc) is 2.94. The second kappa shape index (κ2) is 6.37. The lowest BCUT2D eigenvalue weighted by atomic mass is 10.2. The molecule has 0 unspecified atom stereocenters. The molecule has 9 heteroatoms. The van der Waals surface area contributed by atoms with Crippen LogP contribution >= 0.6 is 0 Å². The van der Waals surface area contributed by atoms with Crippen LogP contribution in [0.5, 0.6) is 0 Å². The lowest BCUT2D eigenvalue weighted by Crippen LogP contribution is -2.19. The van der Waals surface area contributed by atoms with Crippen molar-refractivity contribution in [1.29, 1.82) is 0 Å². The van der Waals surface area contributed by atoms with Crippen LogP contribution in [0.25, 0.3) is 0 Å². The smallest absolute Gasteiger partial charge is 0.337 e. The number of rotatable bonds is 5. The summed E-state index contributed by atoms with van der Waals surface area (Å²) in [4.78, 5) is 10.8. The molecule has 0 saturated heterocycles. The molecule has 1 aromatic heterocycles. The highest BCUT2D eigenvalue weighted by atomic mass is 32.2. The van der Waals surface area contributed by atoms with Crippen LogP contribution in [0.1, 0.15) is 30.2 Å². The molecule has 0 atom stereocenters. The van der Waals surface area contributed by atoms with Crippen molar-refractivity contribution in [3.8, 4) is 0 Å². The van der Waals surface area contributed by atoms with Crippen molar-refractivity contribution in [1.82, 2.24) is 9.78 Å². The van der Waals surface area contributed by atoms with Gasteiger partial charge in [-0.3, -0.25) is 4.72 Å². The SMILES string of the molecule is COC(=O)c1ccc(F)c(S(=O)(=O)Nc2ccnn2C(C)C)c1. The van der Waals surface area contributed by atoms with Crippen molar-refractivity contribution in [3.63, 3.8) is 0 Å². The molecule has 2 rings (SSSR count). The number of esters is 1. The first kappa shape index (κ1) is 16.9. The molecule has 0 radical (unpaired) electrons. The Labute approximate surface area is 133 Å². The summed E-state index contributed by atoms with van der Waals surface area (Å²) in [5.41, 5.74) is -0.0633. The van der Waals surface area contributed by atoms with Gasteiger partial charge in [0, 0.05) is 12.1 Å². The zero-order chi connectivity index (χ0) is 17.2. The minimum absolute atomic E-state index is 0.0633. The number of halogens is 1. The number of carbonyl (C=O) groups excluding carboxylic acids is 1. The van der Waals surface area contributed by atoms with Gasteiger partial charge in [0.1, 0.15) is 16.5 Å². The van der Waals surface area contributed by atoms with Crippen LogP contribution in [-0.4, -0.2) is 31.3 Å². The number of hydrogen-bond acceptors (Lipinski definition) is 5. The molecule has 0 aliphatic carbocycles. The van der Waals surface area contributed by atoms with E-state index in [9.17, 15) is 17.6 Å². The molecule has 1 heterocycles. The zero-order valence-corrected chi connectivity index (χ0v) is 13.6. The fourth-order valence-electron chi connectivity index (χ4n) is 1.95. The Morgan fingerprint density at radius 1 is 1.35 bits per heavy atom. The van der Waals surface area contributed by atoms with Gasteiger partial charge in [-0.2, -0.15) is 5.10 Å². The van der Waals surface area contributed by atoms with E-state index < -0.39 is 26.7 Å². The summed E-state index contributed by atoms with van der Waals surface area (Å²) in [7, 11) is -3.08. The van der Waals surface area contributed by atoms with Crippen molar-refractivity contribution < 1.29 is 22.3 Å². The van der Waals surface area contributed by atoms with Crippen molar-refractivity contribution >= 4 is 21.8 Å². The first-order chi connectivity index (χ1) is 10.8. The minimum atomic E-state index is -4.23. The summed E-state index contributed by atoms with van der Waals surface area (Å²) in [6, 6.07) is 4.35. The lowest BCUT2D eigenvalue weighted by Gasteiger charge is -2.13. The number of aromatic nitrogens is 2. The van der Waals surface area contributed by atoms with Crippen molar-refractivity contribution in [2.45, 2.75) is 24.8 Å². The fraction of sp³-hybridized carbons (Fsp3) is 0.286. The van der Waals surface area contributed by atoms with Gasteiger partial charge in [0.25, 0.3) is 10.0 Å². The summed E-state index contributed by atoms with van der Waals surface area (Å²) in [5.74, 6) is -1.53. The largest absolute Gasteiger partial charge is 0.465 e. The molecule has 0 aliphatic heterocycles. The summed E-state index contributed by atoms with van der Waals surface area (Å²) in [6.45, 7) is 3.65. The number of nitrogens with one attached hydrogen (secondary N) is 1. The molecule has 0 aliphatic rings. The third-order valence-corrected chi connectivity index (χ3v) is 4.41. The number of methoxy groups -OCH3 is 1. The van der Waals surface area contributed by atoms with Gasteiger partial charge in [-0.25, -0.2) is 22.3 Å². The first-order valence-electron chi connectivity index (χ1n) is 6.70. The van der Waals surface area contributed by atoms with E-state index in [1.165, 1.54) is 16.9 Å². The van der Waals surface area contributed by atoms with Gasteiger partial charge < -0.3 is 4.74 Å². The van der Waals surface area contributed by atoms with Crippen molar-refractivity contribution in [2.75, 3.05) is 11.8 Å². The van der Waals surface area contributed by atoms with E-state index in [2.05, 4.69) is 14.6 Å². The zero-order valence-electron chi connectivity index (χ0n) is 12.8. The second-order valence-corrected chi connectivity index (χ2v) is 6.65. The van der Waals surface area contributed by atoms with Crippen LogP contribution in [0.15, 0.2) is 35.4 Å². The molecular weight excluding hydrogens is 325 g/mol. The molecule has 1 N–H and O–H groups in total. The molecule has 0 spiro atoms. The third-order valence-electron chi connectivity index (χ3n) is 3.04. The molecule has 124 valence electrons. The Balaban J connectivity index is 2.43. The van der Waals surface area contributed by atoms with Crippen LogP contribution in [0.2, 0.25) is 0 Å². The summed E-state index contributed by atoms with van der Waals surface area (Å²) < 4.78 is 47.0. The highest BCUT2D eigenvalue weighted by molar-refractivity contribution is 7.92. The number of sulfonamides is 1. The van der Waals surface area contributed by atoms with Gasteiger partial charge in [-0.15, -0.1) is 0 Å². The van der Waals surface area contributed by atoms with E-state index in [0.29, 0.717) is 0 Å². The molecule has 0 bridgehead atoms. The maximum atomic E-state index is 13.9. The Bertz CT molecular complexity index is 830. The maximum absolute atomic E-state index is 13.9. The normalized spacial score (nSPS) is 11.5. The standard InChI is InChI=1S/C14H16FN3O4S/c1-9(2)18-13(6-7-16-18)17-23(20,21)12-8-10(14(19)22-3)4-5-11(12)15/h4-9,17H,1-3H3. The molecule has 23 heavy (non-hydrogen) atoms. The minimum Gasteiger partial charge on any atom is -0.465 e. The number of ether oxygens (including phenoxy) is 1. The van der Waals surface area contributed by atoms with Crippen LogP contribution in [0.3, 0.4) is 0 Å². The van der Waals surface area contributed by atoms with Gasteiger partial charge >= 0.3 is 5.97 Å². The van der Waals surface area contributed by atoms with Crippen LogP contribution in [-0.2, 0) is 14.8 Å². The highest BCUT2D eigenvalue weighted by Gasteiger charge is 2.23. The van der Waals surface area contributed by atoms with E-state index in [1.54, 1.807) is 0 Å². The van der Waals surface area contributed by atoms with E-state index in [1.807, 2.05) is 13.8 Å². The van der Waals surface area contributed by atoms with Gasteiger partial charge in [0.15, 0.2) is 0 Å². The Morgan fingerprint density at radius 2 is 2.04 bits per heavy atom. The summed E-state index contributed by atoms with van der Waals surface area (Å²) in [5, 5.41) is 4.00. The molecule has 0 saturated carbocycles. The second-order valence-electron chi connectivity index (χ2n) is 5.00. The van der Waals surface area contributed by atoms with E-state index >= 15 is 0 Å². The average molecular weight is 341 g/mol. The van der Waals surface area contributed by atoms with Crippen LogP contribution < -0.4 is 4.72 Å². The number of nitrogens with zero attached hydrogens (tertiary/aromatic N) is 2. The third kappa shape index (κ3) is 3.50. The monoisotopic (exact) mass is 341 g/mol. The quantitative estimate of drug-likeness (QED) is 0.842. The number of benzene rings is 1. The lowest BCUT2D eigenvalue weighted by molar-refractivity contribution is 0.0600.